The van der Waals surface area contributed by atoms with Gasteiger partial charge in [0.15, 0.2) is 18.2 Å². The van der Waals surface area contributed by atoms with Gasteiger partial charge in [-0.25, -0.2) is 5.43 Å². The quantitative estimate of drug-likeness (QED) is 0.113. The molecule has 0 spiro atoms. The van der Waals surface area contributed by atoms with Gasteiger partial charge in [0.25, 0.3) is 0 Å². The van der Waals surface area contributed by atoms with Crippen molar-refractivity contribution in [2.45, 2.75) is 90.5 Å². The highest BCUT2D eigenvalue weighted by Gasteiger charge is 2.18. The molecular formula is C28H46N6O3. The summed E-state index contributed by atoms with van der Waals surface area (Å²) in [5.74, 6) is 0.255. The van der Waals surface area contributed by atoms with Crippen molar-refractivity contribution in [2.24, 2.45) is 5.16 Å². The van der Waals surface area contributed by atoms with Crippen molar-refractivity contribution < 1.29 is 14.4 Å². The highest BCUT2D eigenvalue weighted by Crippen LogP contribution is 2.15. The lowest BCUT2D eigenvalue weighted by atomic mass is 10.1. The second-order valence-corrected chi connectivity index (χ2v) is 9.62. The first-order valence-corrected chi connectivity index (χ1v) is 13.5. The zero-order chi connectivity index (χ0) is 27.0. The first-order chi connectivity index (χ1) is 17.8. The molecule has 2 unspecified atom stereocenters. The summed E-state index contributed by atoms with van der Waals surface area (Å²) in [5.41, 5.74) is 5.01. The molecule has 1 aliphatic rings. The number of nitrogens with one attached hydrogen (secondary N) is 4. The summed E-state index contributed by atoms with van der Waals surface area (Å²) in [6, 6.07) is 9.51. The maximum Gasteiger partial charge on any atom is 0.221 e. The molecule has 1 aromatic carbocycles. The van der Waals surface area contributed by atoms with Crippen LogP contribution < -0.4 is 16.1 Å². The molecule has 1 aromatic rings. The highest BCUT2D eigenvalue weighted by atomic mass is 16.6. The minimum absolute atomic E-state index is 0.0597. The first kappa shape index (κ1) is 30.3. The molecule has 9 heteroatoms. The smallest absolute Gasteiger partial charge is 0.221 e. The van der Waals surface area contributed by atoms with Crippen LogP contribution in [0.25, 0.3) is 0 Å². The summed E-state index contributed by atoms with van der Waals surface area (Å²) >= 11 is 0. The number of rotatable bonds is 16. The Hall–Kier alpha value is -2.91. The molecule has 1 amide bonds. The van der Waals surface area contributed by atoms with Crippen molar-refractivity contribution in [3.63, 3.8) is 0 Å². The van der Waals surface area contributed by atoms with Gasteiger partial charge < -0.3 is 20.2 Å². The zero-order valence-corrected chi connectivity index (χ0v) is 23.2. The average Bonchev–Trinajstić information content (AvgIpc) is 2.88. The Morgan fingerprint density at radius 2 is 2.00 bits per heavy atom. The van der Waals surface area contributed by atoms with Crippen molar-refractivity contribution >= 4 is 17.5 Å². The van der Waals surface area contributed by atoms with Gasteiger partial charge in [0.1, 0.15) is 0 Å². The van der Waals surface area contributed by atoms with Crippen LogP contribution in [-0.4, -0.2) is 61.5 Å². The predicted octanol–water partition coefficient (Wildman–Crippen LogP) is 4.31. The summed E-state index contributed by atoms with van der Waals surface area (Å²) in [5, 5.41) is 20.7. The Balaban J connectivity index is 1.80. The molecule has 0 fully saturated rings. The van der Waals surface area contributed by atoms with Gasteiger partial charge in [-0.1, -0.05) is 61.3 Å². The van der Waals surface area contributed by atoms with Crippen LogP contribution in [0.5, 0.6) is 0 Å². The number of hydrazine groups is 1. The number of ether oxygens (including phenoxy) is 1. The lowest BCUT2D eigenvalue weighted by molar-refractivity contribution is -0.122. The van der Waals surface area contributed by atoms with E-state index in [0.29, 0.717) is 12.1 Å². The lowest BCUT2D eigenvalue weighted by Crippen LogP contribution is -2.47. The van der Waals surface area contributed by atoms with E-state index in [1.54, 1.807) is 19.1 Å². The van der Waals surface area contributed by atoms with E-state index in [1.807, 2.05) is 30.3 Å². The fourth-order valence-corrected chi connectivity index (χ4v) is 4.17. The van der Waals surface area contributed by atoms with E-state index in [4.69, 9.17) is 15.0 Å². The van der Waals surface area contributed by atoms with Gasteiger partial charge in [-0.2, -0.15) is 0 Å². The minimum Gasteiger partial charge on any atom is -0.389 e. The Bertz CT molecular complexity index is 887. The van der Waals surface area contributed by atoms with Gasteiger partial charge in [0.05, 0.1) is 18.4 Å². The number of hydrogen-bond donors (Lipinski definition) is 4. The number of carbonyl (C=O) groups is 1. The number of unbranched alkanes of at least 4 members (excludes halogenated alkanes) is 1. The number of nitrogens with zero attached hydrogens (tertiary/aromatic N) is 2. The highest BCUT2D eigenvalue weighted by molar-refractivity contribution is 6.46. The predicted molar refractivity (Wildman–Crippen MR) is 149 cm³/mol. The number of benzene rings is 1. The summed E-state index contributed by atoms with van der Waals surface area (Å²) in [7, 11) is 3.50. The van der Waals surface area contributed by atoms with Gasteiger partial charge in [-0.15, -0.1) is 0 Å². The van der Waals surface area contributed by atoms with Gasteiger partial charge in [0.2, 0.25) is 5.91 Å². The van der Waals surface area contributed by atoms with Crippen LogP contribution in [0.1, 0.15) is 77.7 Å². The average molecular weight is 515 g/mol. The summed E-state index contributed by atoms with van der Waals surface area (Å²) in [6.45, 7) is 6.55. The van der Waals surface area contributed by atoms with Crippen LogP contribution in [0.2, 0.25) is 0 Å². The van der Waals surface area contributed by atoms with Crippen LogP contribution in [0, 0.1) is 5.41 Å². The zero-order valence-electron chi connectivity index (χ0n) is 23.2. The van der Waals surface area contributed by atoms with Gasteiger partial charge in [-0.3, -0.25) is 15.2 Å². The number of likely N-dealkylation sites (N-methyl/N-ethyl adjacent to an activating group) is 1. The first-order valence-electron chi connectivity index (χ1n) is 13.5. The Morgan fingerprint density at radius 1 is 1.24 bits per heavy atom. The number of oxime groups is 1. The molecule has 0 aromatic heterocycles. The Kier molecular flexibility index (Phi) is 13.7. The lowest BCUT2D eigenvalue weighted by Gasteiger charge is -2.26. The maximum atomic E-state index is 12.5. The number of carbonyl (C=O) groups excluding carboxylic acids is 1. The summed E-state index contributed by atoms with van der Waals surface area (Å²) in [6.07, 6.45) is 9.66. The van der Waals surface area contributed by atoms with Gasteiger partial charge in [0, 0.05) is 31.8 Å². The van der Waals surface area contributed by atoms with Crippen LogP contribution in [0.3, 0.4) is 0 Å². The minimum atomic E-state index is -0.125. The van der Waals surface area contributed by atoms with Crippen molar-refractivity contribution in [2.75, 3.05) is 20.7 Å². The van der Waals surface area contributed by atoms with E-state index in [0.717, 1.165) is 56.2 Å². The SMILES string of the molecule is CCCC(CCCCC(=O)NC1CCC=C(CO/N=C(\C(=N)N(C)NC)c2ccccc2)N1)OC(C)C. The molecule has 9 nitrogen and oxygen atoms in total. The molecule has 37 heavy (non-hydrogen) atoms. The topological polar surface area (TPSA) is 111 Å². The molecule has 0 bridgehead atoms. The Labute approximate surface area is 222 Å². The maximum absolute atomic E-state index is 12.5. The van der Waals surface area contributed by atoms with E-state index in [2.05, 4.69) is 48.1 Å². The number of hydrogen-bond acceptors (Lipinski definition) is 7. The van der Waals surface area contributed by atoms with Crippen molar-refractivity contribution in [1.82, 2.24) is 21.1 Å². The molecule has 1 aliphatic heterocycles. The van der Waals surface area contributed by atoms with E-state index in [1.165, 1.54) is 0 Å². The molecule has 0 saturated carbocycles. The van der Waals surface area contributed by atoms with E-state index in [-0.39, 0.29) is 36.7 Å². The molecule has 0 saturated heterocycles. The Morgan fingerprint density at radius 3 is 2.68 bits per heavy atom. The second kappa shape index (κ2) is 16.8. The van der Waals surface area contributed by atoms with E-state index in [9.17, 15) is 4.79 Å². The standard InChI is InChI=1S/C28H46N6O3/c1-6-13-24(37-21(2)3)17-10-11-19-26(35)32-25-18-12-16-23(31-25)20-36-33-27(28(29)34(5)30-4)22-14-8-7-9-15-22/h7-9,14-16,21,24-25,29-31H,6,10-13,17-20H2,1-5H3,(H,32,35)/b29-28?,33-27-. The summed E-state index contributed by atoms with van der Waals surface area (Å²) < 4.78 is 5.98. The van der Waals surface area contributed by atoms with Crippen molar-refractivity contribution in [3.05, 3.63) is 47.7 Å². The van der Waals surface area contributed by atoms with Crippen LogP contribution in [0.15, 0.2) is 47.3 Å². The normalized spacial score (nSPS) is 16.5. The number of allylic oxidation sites excluding steroid dienone is 1. The summed E-state index contributed by atoms with van der Waals surface area (Å²) in [4.78, 5) is 18.1. The van der Waals surface area contributed by atoms with E-state index < -0.39 is 0 Å². The molecule has 2 atom stereocenters. The van der Waals surface area contributed by atoms with E-state index >= 15 is 0 Å². The monoisotopic (exact) mass is 514 g/mol. The van der Waals surface area contributed by atoms with Gasteiger partial charge in [-0.05, 0) is 46.0 Å². The molecule has 206 valence electrons. The van der Waals surface area contributed by atoms with Gasteiger partial charge >= 0.3 is 0 Å². The molecule has 0 aliphatic carbocycles. The number of amides is 1. The van der Waals surface area contributed by atoms with Crippen LogP contribution in [-0.2, 0) is 14.4 Å². The second-order valence-electron chi connectivity index (χ2n) is 9.62. The molecule has 2 rings (SSSR count). The number of amidine groups is 1. The van der Waals surface area contributed by atoms with Crippen LogP contribution in [0.4, 0.5) is 0 Å². The third-order valence-corrected chi connectivity index (χ3v) is 6.11. The van der Waals surface area contributed by atoms with Crippen LogP contribution >= 0.6 is 0 Å². The van der Waals surface area contributed by atoms with Crippen molar-refractivity contribution in [3.8, 4) is 0 Å². The molecule has 0 radical (unpaired) electrons. The third-order valence-electron chi connectivity index (χ3n) is 6.11. The van der Waals surface area contributed by atoms with Crippen molar-refractivity contribution in [1.29, 1.82) is 5.41 Å². The fourth-order valence-electron chi connectivity index (χ4n) is 4.17. The largest absolute Gasteiger partial charge is 0.389 e. The fraction of sp³-hybridized carbons (Fsp3) is 0.607. The molecule has 4 N–H and O–H groups in total. The molecular weight excluding hydrogens is 468 g/mol. The third kappa shape index (κ3) is 11.3. The molecule has 1 heterocycles.